The summed E-state index contributed by atoms with van der Waals surface area (Å²) < 4.78 is 24.8. The van der Waals surface area contributed by atoms with E-state index in [0.29, 0.717) is 0 Å². The molecule has 5 atom stereocenters. The van der Waals surface area contributed by atoms with Crippen LogP contribution in [0.3, 0.4) is 0 Å². The van der Waals surface area contributed by atoms with Gasteiger partial charge in [0.05, 0.1) is 38.5 Å². The van der Waals surface area contributed by atoms with E-state index >= 15 is 0 Å². The molecule has 8 nitrogen and oxygen atoms in total. The Morgan fingerprint density at radius 2 is 1.23 bits per heavy atom. The molecule has 44 heavy (non-hydrogen) atoms. The molecule has 238 valence electrons. The number of hydrogen-bond acceptors (Lipinski definition) is 7. The third-order valence-electron chi connectivity index (χ3n) is 8.70. The highest BCUT2D eigenvalue weighted by Gasteiger charge is 2.52. The minimum atomic E-state index is -2.28. The summed E-state index contributed by atoms with van der Waals surface area (Å²) in [5, 5.41) is 22.9. The van der Waals surface area contributed by atoms with Gasteiger partial charge in [-0.15, -0.1) is 0 Å². The summed E-state index contributed by atoms with van der Waals surface area (Å²) >= 11 is 0. The highest BCUT2D eigenvalue weighted by molar-refractivity contribution is 6.74. The van der Waals surface area contributed by atoms with Gasteiger partial charge in [0, 0.05) is 0 Å². The zero-order valence-electron chi connectivity index (χ0n) is 26.5. The predicted octanol–water partition coefficient (Wildman–Crippen LogP) is 5.92. The zero-order chi connectivity index (χ0) is 31.7. The second-order valence-corrected chi connectivity index (χ2v) is 17.7. The first-order valence-corrected chi connectivity index (χ1v) is 18.1. The Balaban J connectivity index is 1.64. The first kappa shape index (κ1) is 33.8. The number of aliphatic hydroxyl groups is 2. The van der Waals surface area contributed by atoms with Crippen molar-refractivity contribution in [2.75, 3.05) is 13.2 Å². The summed E-state index contributed by atoms with van der Waals surface area (Å²) in [6.45, 7) is 11.3. The van der Waals surface area contributed by atoms with Gasteiger partial charge in [0.2, 0.25) is 0 Å². The first-order chi connectivity index (χ1) is 21.0. The molecule has 0 spiro atoms. The number of carbonyl (C=O) groups is 1. The Morgan fingerprint density at radius 3 is 1.75 bits per heavy atom. The van der Waals surface area contributed by atoms with Crippen LogP contribution in [-0.4, -0.2) is 73.1 Å². The molecule has 1 fully saturated rings. The predicted molar refractivity (Wildman–Crippen MR) is 172 cm³/mol. The van der Waals surface area contributed by atoms with E-state index in [4.69, 9.17) is 18.6 Å². The maximum absolute atomic E-state index is 14.0. The van der Waals surface area contributed by atoms with Gasteiger partial charge in [-0.3, -0.25) is 4.90 Å². The third-order valence-corrected chi connectivity index (χ3v) is 13.2. The monoisotopic (exact) mass is 621 g/mol. The lowest BCUT2D eigenvalue weighted by Crippen LogP contribution is -2.70. The number of benzene rings is 3. The number of likely N-dealkylation sites (tertiary alicyclic amines) is 1. The van der Waals surface area contributed by atoms with E-state index in [1.165, 1.54) is 4.90 Å². The van der Waals surface area contributed by atoms with Crippen LogP contribution in [0.15, 0.2) is 91.0 Å². The van der Waals surface area contributed by atoms with Crippen LogP contribution in [0.1, 0.15) is 37.5 Å². The van der Waals surface area contributed by atoms with E-state index in [-0.39, 0.29) is 38.1 Å². The van der Waals surface area contributed by atoms with Crippen molar-refractivity contribution in [2.45, 2.75) is 89.1 Å². The summed E-state index contributed by atoms with van der Waals surface area (Å²) in [6, 6.07) is 27.0. The van der Waals surface area contributed by atoms with Crippen LogP contribution in [0.25, 0.3) is 0 Å². The number of amides is 1. The minimum absolute atomic E-state index is 0.0183. The Hall–Kier alpha value is -3.05. The van der Waals surface area contributed by atoms with Gasteiger partial charge in [-0.2, -0.15) is 0 Å². The second-order valence-electron chi connectivity index (χ2n) is 12.9. The Kier molecular flexibility index (Phi) is 11.8. The standard InChI is InChI=1S/C35H47NO7Si/c1-35(2,3)44(4,5)43-25-30-33(41-22-27-17-11-7-12-18-27)32(38)31(37)29(24-40-21-26-15-9-6-10-16-26)36(30)34(39)42-23-28-19-13-8-14-20-28/h6-20,29-33,37-38H,21-25H2,1-5H3/t29-,30-,31-,32-,33-/m1/s1. The topological polar surface area (TPSA) is 97.7 Å². The van der Waals surface area contributed by atoms with Crippen LogP contribution >= 0.6 is 0 Å². The molecule has 0 aromatic heterocycles. The average molecular weight is 622 g/mol. The van der Waals surface area contributed by atoms with Crippen molar-refractivity contribution in [1.29, 1.82) is 0 Å². The molecule has 3 aromatic carbocycles. The molecule has 0 aliphatic carbocycles. The van der Waals surface area contributed by atoms with E-state index in [2.05, 4.69) is 33.9 Å². The van der Waals surface area contributed by atoms with Gasteiger partial charge in [0.15, 0.2) is 8.32 Å². The molecule has 1 amide bonds. The molecule has 1 aliphatic heterocycles. The highest BCUT2D eigenvalue weighted by Crippen LogP contribution is 2.38. The number of piperidine rings is 1. The molecule has 1 saturated heterocycles. The quantitative estimate of drug-likeness (QED) is 0.242. The number of rotatable bonds is 12. The lowest BCUT2D eigenvalue weighted by molar-refractivity contribution is -0.192. The smallest absolute Gasteiger partial charge is 0.410 e. The molecule has 1 heterocycles. The minimum Gasteiger partial charge on any atom is -0.445 e. The van der Waals surface area contributed by atoms with Crippen molar-refractivity contribution in [1.82, 2.24) is 4.90 Å². The van der Waals surface area contributed by atoms with Crippen LogP contribution in [0.4, 0.5) is 4.79 Å². The average Bonchev–Trinajstić information content (AvgIpc) is 3.01. The zero-order valence-corrected chi connectivity index (χ0v) is 27.5. The van der Waals surface area contributed by atoms with Crippen molar-refractivity contribution in [2.24, 2.45) is 0 Å². The number of hydrogen-bond donors (Lipinski definition) is 2. The number of ether oxygens (including phenoxy) is 3. The largest absolute Gasteiger partial charge is 0.445 e. The van der Waals surface area contributed by atoms with Gasteiger partial charge in [-0.25, -0.2) is 4.79 Å². The van der Waals surface area contributed by atoms with Crippen molar-refractivity contribution in [3.63, 3.8) is 0 Å². The van der Waals surface area contributed by atoms with Crippen molar-refractivity contribution >= 4 is 14.4 Å². The van der Waals surface area contributed by atoms with Gasteiger partial charge in [0.1, 0.15) is 24.9 Å². The number of nitrogens with zero attached hydrogens (tertiary/aromatic N) is 1. The van der Waals surface area contributed by atoms with E-state index < -0.39 is 44.8 Å². The molecule has 1 aliphatic rings. The molecule has 3 aromatic rings. The molecule has 2 N–H and O–H groups in total. The summed E-state index contributed by atoms with van der Waals surface area (Å²) in [5.74, 6) is 0. The van der Waals surface area contributed by atoms with Gasteiger partial charge < -0.3 is 28.8 Å². The highest BCUT2D eigenvalue weighted by atomic mass is 28.4. The lowest BCUT2D eigenvalue weighted by atomic mass is 9.88. The Morgan fingerprint density at radius 1 is 0.727 bits per heavy atom. The van der Waals surface area contributed by atoms with E-state index in [1.54, 1.807) is 0 Å². The third kappa shape index (κ3) is 8.77. The fraction of sp³-hybridized carbons (Fsp3) is 0.457. The van der Waals surface area contributed by atoms with E-state index in [1.807, 2.05) is 91.0 Å². The van der Waals surface area contributed by atoms with Crippen LogP contribution in [0.2, 0.25) is 18.1 Å². The summed E-state index contributed by atoms with van der Waals surface area (Å²) in [5.41, 5.74) is 2.70. The molecule has 4 rings (SSSR count). The molecule has 0 unspecified atom stereocenters. The SMILES string of the molecule is CC(C)(C)[Si](C)(C)OC[C@@H]1[C@@H](OCc2ccccc2)[C@H](O)[C@H](O)[C@@H](COCc2ccccc2)N1C(=O)OCc1ccccc1. The maximum atomic E-state index is 14.0. The molecular weight excluding hydrogens is 574 g/mol. The van der Waals surface area contributed by atoms with Gasteiger partial charge >= 0.3 is 6.09 Å². The normalized spacial score (nSPS) is 22.5. The Labute approximate surface area is 262 Å². The number of aliphatic hydroxyl groups excluding tert-OH is 2. The maximum Gasteiger partial charge on any atom is 0.410 e. The van der Waals surface area contributed by atoms with Crippen molar-refractivity contribution < 1.29 is 33.6 Å². The van der Waals surface area contributed by atoms with E-state index in [0.717, 1.165) is 16.7 Å². The summed E-state index contributed by atoms with van der Waals surface area (Å²) in [4.78, 5) is 15.5. The van der Waals surface area contributed by atoms with Gasteiger partial charge in [0.25, 0.3) is 0 Å². The molecule has 0 bridgehead atoms. The van der Waals surface area contributed by atoms with Crippen LogP contribution in [0.5, 0.6) is 0 Å². The molecule has 9 heteroatoms. The summed E-state index contributed by atoms with van der Waals surface area (Å²) in [6.07, 6.45) is -4.22. The van der Waals surface area contributed by atoms with Gasteiger partial charge in [-0.05, 0) is 34.8 Å². The second kappa shape index (κ2) is 15.3. The van der Waals surface area contributed by atoms with Crippen molar-refractivity contribution in [3.05, 3.63) is 108 Å². The lowest BCUT2D eigenvalue weighted by Gasteiger charge is -2.50. The fourth-order valence-corrected chi connectivity index (χ4v) is 6.02. The van der Waals surface area contributed by atoms with Crippen molar-refractivity contribution in [3.8, 4) is 0 Å². The van der Waals surface area contributed by atoms with Crippen LogP contribution in [-0.2, 0) is 38.5 Å². The Bertz CT molecular complexity index is 1290. The number of carbonyl (C=O) groups excluding carboxylic acids is 1. The van der Waals surface area contributed by atoms with Crippen LogP contribution < -0.4 is 0 Å². The van der Waals surface area contributed by atoms with E-state index in [9.17, 15) is 15.0 Å². The molecular formula is C35H47NO7Si. The first-order valence-electron chi connectivity index (χ1n) is 15.2. The van der Waals surface area contributed by atoms with Crippen LogP contribution in [0, 0.1) is 0 Å². The molecule has 0 saturated carbocycles. The summed E-state index contributed by atoms with van der Waals surface area (Å²) in [7, 11) is -2.28. The fourth-order valence-electron chi connectivity index (χ4n) is 5.00. The molecule has 0 radical (unpaired) electrons. The van der Waals surface area contributed by atoms with Gasteiger partial charge in [-0.1, -0.05) is 112 Å².